The summed E-state index contributed by atoms with van der Waals surface area (Å²) in [6.45, 7) is 1.11. The summed E-state index contributed by atoms with van der Waals surface area (Å²) in [6, 6.07) is 14.6. The Labute approximate surface area is 151 Å². The molecular formula is C18H19ClN2O4. The molecule has 2 rings (SSSR count). The van der Waals surface area contributed by atoms with Crippen molar-refractivity contribution in [3.63, 3.8) is 0 Å². The Hall–Kier alpha value is -2.73. The van der Waals surface area contributed by atoms with Gasteiger partial charge in [0, 0.05) is 11.4 Å². The monoisotopic (exact) mass is 362 g/mol. The van der Waals surface area contributed by atoms with E-state index in [1.54, 1.807) is 12.1 Å². The minimum atomic E-state index is -0.614. The van der Waals surface area contributed by atoms with Gasteiger partial charge in [-0.25, -0.2) is 10.2 Å². The number of nitrogens with one attached hydrogen (secondary N) is 1. The highest BCUT2D eigenvalue weighted by Gasteiger charge is 1.97. The Bertz CT molecular complexity index is 687. The molecule has 0 aliphatic heterocycles. The number of halogens is 1. The van der Waals surface area contributed by atoms with Crippen LogP contribution in [0.2, 0.25) is 5.02 Å². The minimum absolute atomic E-state index is 0.547. The van der Waals surface area contributed by atoms with Crippen molar-refractivity contribution in [3.05, 3.63) is 59.1 Å². The standard InChI is InChI=1S/C18H19ClN2O4/c1-23-18(22)21-20-13-14-3-7-16(8-4-14)24-11-2-12-25-17-9-5-15(19)6-10-17/h3-10,13H,2,11-12H2,1H3,(H,21,22)/b20-13-. The molecule has 25 heavy (non-hydrogen) atoms. The number of ether oxygens (including phenoxy) is 3. The van der Waals surface area contributed by atoms with Crippen molar-refractivity contribution in [2.75, 3.05) is 20.3 Å². The van der Waals surface area contributed by atoms with E-state index >= 15 is 0 Å². The molecule has 1 amide bonds. The second-order valence-electron chi connectivity index (χ2n) is 4.94. The van der Waals surface area contributed by atoms with Gasteiger partial charge in [-0.05, 0) is 54.1 Å². The van der Waals surface area contributed by atoms with Gasteiger partial charge in [-0.3, -0.25) is 0 Å². The molecule has 0 unspecified atom stereocenters. The van der Waals surface area contributed by atoms with Gasteiger partial charge in [-0.1, -0.05) is 11.6 Å². The summed E-state index contributed by atoms with van der Waals surface area (Å²) in [6.07, 6.45) is 1.66. The van der Waals surface area contributed by atoms with Gasteiger partial charge >= 0.3 is 6.09 Å². The van der Waals surface area contributed by atoms with Crippen LogP contribution >= 0.6 is 11.6 Å². The average molecular weight is 363 g/mol. The van der Waals surface area contributed by atoms with Crippen molar-refractivity contribution in [2.45, 2.75) is 6.42 Å². The Balaban J connectivity index is 1.65. The first-order valence-electron chi connectivity index (χ1n) is 7.65. The summed E-state index contributed by atoms with van der Waals surface area (Å²) in [5.41, 5.74) is 3.04. The molecule has 0 atom stereocenters. The van der Waals surface area contributed by atoms with Crippen LogP contribution in [0.25, 0.3) is 0 Å². The summed E-state index contributed by atoms with van der Waals surface area (Å²) in [5.74, 6) is 1.54. The lowest BCUT2D eigenvalue weighted by molar-refractivity contribution is 0.171. The van der Waals surface area contributed by atoms with Crippen molar-refractivity contribution >= 4 is 23.9 Å². The van der Waals surface area contributed by atoms with Crippen LogP contribution in [0.5, 0.6) is 11.5 Å². The molecule has 0 saturated heterocycles. The number of nitrogens with zero attached hydrogens (tertiary/aromatic N) is 1. The molecule has 0 bridgehead atoms. The highest BCUT2D eigenvalue weighted by atomic mass is 35.5. The van der Waals surface area contributed by atoms with E-state index in [9.17, 15) is 4.79 Å². The Kier molecular flexibility index (Phi) is 7.59. The molecule has 132 valence electrons. The summed E-state index contributed by atoms with van der Waals surface area (Å²) in [4.78, 5) is 10.8. The molecule has 0 saturated carbocycles. The van der Waals surface area contributed by atoms with Crippen LogP contribution in [-0.4, -0.2) is 32.6 Å². The number of carbonyl (C=O) groups is 1. The Morgan fingerprint density at radius 2 is 1.60 bits per heavy atom. The summed E-state index contributed by atoms with van der Waals surface area (Å²) < 4.78 is 15.6. The van der Waals surface area contributed by atoms with Gasteiger partial charge in [0.25, 0.3) is 0 Å². The third-order valence-corrected chi connectivity index (χ3v) is 3.33. The van der Waals surface area contributed by atoms with E-state index in [1.165, 1.54) is 13.3 Å². The molecule has 0 radical (unpaired) electrons. The summed E-state index contributed by atoms with van der Waals surface area (Å²) >= 11 is 5.82. The third-order valence-electron chi connectivity index (χ3n) is 3.07. The zero-order valence-corrected chi connectivity index (χ0v) is 14.5. The highest BCUT2D eigenvalue weighted by Crippen LogP contribution is 2.16. The second kappa shape index (κ2) is 10.2. The molecule has 2 aromatic carbocycles. The molecule has 2 aromatic rings. The van der Waals surface area contributed by atoms with E-state index in [2.05, 4.69) is 15.3 Å². The van der Waals surface area contributed by atoms with Gasteiger partial charge in [0.15, 0.2) is 0 Å². The number of hydrazone groups is 1. The zero-order chi connectivity index (χ0) is 17.9. The van der Waals surface area contributed by atoms with Crippen molar-refractivity contribution < 1.29 is 19.0 Å². The molecule has 0 fully saturated rings. The quantitative estimate of drug-likeness (QED) is 0.439. The van der Waals surface area contributed by atoms with Crippen LogP contribution in [0.1, 0.15) is 12.0 Å². The molecule has 0 aromatic heterocycles. The zero-order valence-electron chi connectivity index (χ0n) is 13.8. The number of benzene rings is 2. The first kappa shape index (κ1) is 18.6. The topological polar surface area (TPSA) is 69.2 Å². The van der Waals surface area contributed by atoms with Crippen molar-refractivity contribution in [2.24, 2.45) is 5.10 Å². The van der Waals surface area contributed by atoms with Crippen LogP contribution in [0.15, 0.2) is 53.6 Å². The molecule has 1 N–H and O–H groups in total. The lowest BCUT2D eigenvalue weighted by atomic mass is 10.2. The van der Waals surface area contributed by atoms with E-state index in [0.29, 0.717) is 18.2 Å². The predicted octanol–water partition coefficient (Wildman–Crippen LogP) is 3.88. The smallest absolute Gasteiger partial charge is 0.427 e. The second-order valence-corrected chi connectivity index (χ2v) is 5.37. The first-order valence-corrected chi connectivity index (χ1v) is 8.03. The Morgan fingerprint density at radius 3 is 2.16 bits per heavy atom. The Morgan fingerprint density at radius 1 is 1.04 bits per heavy atom. The maximum absolute atomic E-state index is 10.8. The van der Waals surface area contributed by atoms with Crippen LogP contribution in [0.4, 0.5) is 4.79 Å². The highest BCUT2D eigenvalue weighted by molar-refractivity contribution is 6.30. The van der Waals surface area contributed by atoms with Gasteiger partial charge in [-0.15, -0.1) is 0 Å². The maximum Gasteiger partial charge on any atom is 0.427 e. The van der Waals surface area contributed by atoms with Gasteiger partial charge < -0.3 is 14.2 Å². The first-order chi connectivity index (χ1) is 12.2. The SMILES string of the molecule is COC(=O)N/N=C\c1ccc(OCCCOc2ccc(Cl)cc2)cc1. The van der Waals surface area contributed by atoms with Gasteiger partial charge in [0.1, 0.15) is 11.5 Å². The fourth-order valence-corrected chi connectivity index (χ4v) is 1.95. The van der Waals surface area contributed by atoms with Crippen molar-refractivity contribution in [1.29, 1.82) is 0 Å². The van der Waals surface area contributed by atoms with Gasteiger partial charge in [-0.2, -0.15) is 5.10 Å². The number of hydrogen-bond acceptors (Lipinski definition) is 5. The van der Waals surface area contributed by atoms with Gasteiger partial charge in [0.05, 0.1) is 26.5 Å². The molecule has 0 aliphatic rings. The lowest BCUT2D eigenvalue weighted by Crippen LogP contribution is -2.16. The molecule has 0 aliphatic carbocycles. The molecule has 0 spiro atoms. The molecular weight excluding hydrogens is 344 g/mol. The molecule has 7 heteroatoms. The fraction of sp³-hybridized carbons (Fsp3) is 0.222. The normalized spacial score (nSPS) is 10.5. The minimum Gasteiger partial charge on any atom is -0.493 e. The number of rotatable bonds is 8. The fourth-order valence-electron chi connectivity index (χ4n) is 1.83. The van der Waals surface area contributed by atoms with Gasteiger partial charge in [0.2, 0.25) is 0 Å². The van der Waals surface area contributed by atoms with Crippen molar-refractivity contribution in [3.8, 4) is 11.5 Å². The number of methoxy groups -OCH3 is 1. The van der Waals surface area contributed by atoms with E-state index in [4.69, 9.17) is 21.1 Å². The summed E-state index contributed by atoms with van der Waals surface area (Å²) in [7, 11) is 1.28. The van der Waals surface area contributed by atoms with Crippen LogP contribution in [-0.2, 0) is 4.74 Å². The third kappa shape index (κ3) is 7.14. The molecule has 6 nitrogen and oxygen atoms in total. The van der Waals surface area contributed by atoms with Crippen LogP contribution in [0.3, 0.4) is 0 Å². The number of amides is 1. The average Bonchev–Trinajstić information content (AvgIpc) is 2.64. The van der Waals surface area contributed by atoms with E-state index < -0.39 is 6.09 Å². The van der Waals surface area contributed by atoms with E-state index in [1.807, 2.05) is 36.4 Å². The maximum atomic E-state index is 10.8. The van der Waals surface area contributed by atoms with Crippen molar-refractivity contribution in [1.82, 2.24) is 5.43 Å². The summed E-state index contributed by atoms with van der Waals surface area (Å²) in [5, 5.41) is 4.43. The van der Waals surface area contributed by atoms with Crippen LogP contribution < -0.4 is 14.9 Å². The largest absolute Gasteiger partial charge is 0.493 e. The predicted molar refractivity (Wildman–Crippen MR) is 96.6 cm³/mol. The lowest BCUT2D eigenvalue weighted by Gasteiger charge is -2.08. The van der Waals surface area contributed by atoms with E-state index in [-0.39, 0.29) is 0 Å². The van der Waals surface area contributed by atoms with E-state index in [0.717, 1.165) is 23.5 Å². The number of carbonyl (C=O) groups excluding carboxylic acids is 1. The number of hydrogen-bond donors (Lipinski definition) is 1. The van der Waals surface area contributed by atoms with Crippen LogP contribution in [0, 0.1) is 0 Å². The molecule has 0 heterocycles.